The number of alkyl halides is 3. The minimum atomic E-state index is -5.01. The molecular weight excluding hydrogens is 409 g/mol. The molecular formula is C24H33F3O4. The van der Waals surface area contributed by atoms with Crippen LogP contribution in [0.1, 0.15) is 58.4 Å². The molecule has 5 atom stereocenters. The lowest BCUT2D eigenvalue weighted by Gasteiger charge is -2.58. The lowest BCUT2D eigenvalue weighted by molar-refractivity contribution is -0.278. The summed E-state index contributed by atoms with van der Waals surface area (Å²) in [5.74, 6) is -1.61. The molecule has 1 aromatic carbocycles. The Morgan fingerprint density at radius 1 is 1.13 bits per heavy atom. The van der Waals surface area contributed by atoms with Crippen molar-refractivity contribution in [3.63, 3.8) is 0 Å². The SMILES string of the molecule is CO[C@@](C(=O)OC[C@H]1[C@H](O)CCC2C(C)(C)CCC[C@@]21C)(c1ccccc1)C(F)(F)F. The van der Waals surface area contributed by atoms with Crippen LogP contribution in [0.15, 0.2) is 30.3 Å². The third kappa shape index (κ3) is 3.99. The van der Waals surface area contributed by atoms with E-state index in [1.807, 2.05) is 0 Å². The molecule has 0 aliphatic heterocycles. The van der Waals surface area contributed by atoms with Crippen molar-refractivity contribution in [3.05, 3.63) is 35.9 Å². The fourth-order valence-corrected chi connectivity index (χ4v) is 6.26. The van der Waals surface area contributed by atoms with E-state index in [1.54, 1.807) is 6.07 Å². The van der Waals surface area contributed by atoms with Gasteiger partial charge >= 0.3 is 12.1 Å². The second kappa shape index (κ2) is 8.39. The van der Waals surface area contributed by atoms with E-state index >= 15 is 0 Å². The Morgan fingerprint density at radius 2 is 1.77 bits per heavy atom. The van der Waals surface area contributed by atoms with E-state index in [9.17, 15) is 23.1 Å². The molecule has 0 spiro atoms. The summed E-state index contributed by atoms with van der Waals surface area (Å²) in [6.45, 7) is 6.25. The topological polar surface area (TPSA) is 55.8 Å². The van der Waals surface area contributed by atoms with Crippen LogP contribution in [0.25, 0.3) is 0 Å². The molecule has 1 aromatic rings. The Morgan fingerprint density at radius 3 is 2.35 bits per heavy atom. The molecule has 3 rings (SSSR count). The maximum Gasteiger partial charge on any atom is 0.432 e. The Balaban J connectivity index is 1.88. The molecule has 4 nitrogen and oxygen atoms in total. The number of benzene rings is 1. The summed E-state index contributed by atoms with van der Waals surface area (Å²) < 4.78 is 52.5. The first-order valence-corrected chi connectivity index (χ1v) is 10.9. The van der Waals surface area contributed by atoms with Crippen molar-refractivity contribution in [3.8, 4) is 0 Å². The number of halogens is 3. The molecule has 1 unspecified atom stereocenters. The van der Waals surface area contributed by atoms with Crippen LogP contribution in [-0.4, -0.2) is 37.1 Å². The van der Waals surface area contributed by atoms with Gasteiger partial charge in [-0.15, -0.1) is 0 Å². The highest BCUT2D eigenvalue weighted by Gasteiger charge is 2.64. The van der Waals surface area contributed by atoms with Crippen LogP contribution in [0.4, 0.5) is 13.2 Å². The van der Waals surface area contributed by atoms with Gasteiger partial charge in [0.2, 0.25) is 0 Å². The molecule has 0 radical (unpaired) electrons. The number of fused-ring (bicyclic) bond motifs is 1. The lowest BCUT2D eigenvalue weighted by atomic mass is 9.48. The number of ether oxygens (including phenoxy) is 2. The van der Waals surface area contributed by atoms with E-state index in [0.29, 0.717) is 12.3 Å². The fraction of sp³-hybridized carbons (Fsp3) is 0.708. The summed E-state index contributed by atoms with van der Waals surface area (Å²) in [5.41, 5.74) is -3.77. The number of hydrogen-bond acceptors (Lipinski definition) is 4. The Kier molecular flexibility index (Phi) is 6.51. The van der Waals surface area contributed by atoms with Crippen molar-refractivity contribution in [2.24, 2.45) is 22.7 Å². The predicted octanol–water partition coefficient (Wildman–Crippen LogP) is 5.24. The minimum absolute atomic E-state index is 0.0711. The number of methoxy groups -OCH3 is 1. The molecule has 31 heavy (non-hydrogen) atoms. The van der Waals surface area contributed by atoms with Gasteiger partial charge in [0.1, 0.15) is 0 Å². The first kappa shape index (κ1) is 24.1. The van der Waals surface area contributed by atoms with Gasteiger partial charge in [0, 0.05) is 18.6 Å². The van der Waals surface area contributed by atoms with Crippen molar-refractivity contribution in [2.45, 2.75) is 70.8 Å². The zero-order valence-corrected chi connectivity index (χ0v) is 18.7. The van der Waals surface area contributed by atoms with E-state index in [0.717, 1.165) is 32.8 Å². The number of carbonyl (C=O) groups excluding carboxylic acids is 1. The summed E-state index contributed by atoms with van der Waals surface area (Å²) in [4.78, 5) is 12.9. The largest absolute Gasteiger partial charge is 0.463 e. The zero-order valence-electron chi connectivity index (χ0n) is 18.7. The third-order valence-electron chi connectivity index (χ3n) is 7.91. The molecule has 0 bridgehead atoms. The molecule has 0 heterocycles. The van der Waals surface area contributed by atoms with Crippen LogP contribution >= 0.6 is 0 Å². The highest BCUT2D eigenvalue weighted by Crippen LogP contribution is 2.60. The average molecular weight is 443 g/mol. The van der Waals surface area contributed by atoms with E-state index < -0.39 is 29.8 Å². The maximum atomic E-state index is 14.1. The first-order valence-electron chi connectivity index (χ1n) is 10.9. The van der Waals surface area contributed by atoms with Crippen molar-refractivity contribution >= 4 is 5.97 Å². The molecule has 2 aliphatic carbocycles. The van der Waals surface area contributed by atoms with Crippen LogP contribution in [0.3, 0.4) is 0 Å². The van der Waals surface area contributed by atoms with Gasteiger partial charge in [-0.1, -0.05) is 57.5 Å². The van der Waals surface area contributed by atoms with Gasteiger partial charge in [0.15, 0.2) is 0 Å². The summed E-state index contributed by atoms with van der Waals surface area (Å²) in [6.07, 6.45) is -1.40. The standard InChI is InChI=1S/C24H33F3O4/c1-21(2)13-8-14-22(3)17(18(28)11-12-19(21)22)15-31-20(29)23(30-4,24(25,26)27)16-9-6-5-7-10-16/h5-7,9-10,17-19,28H,8,11-15H2,1-4H3/t17-,18+,19?,22+,23+/m0/s1. The van der Waals surface area contributed by atoms with Gasteiger partial charge in [0.25, 0.3) is 5.60 Å². The van der Waals surface area contributed by atoms with Crippen LogP contribution in [0.2, 0.25) is 0 Å². The third-order valence-corrected chi connectivity index (χ3v) is 7.91. The number of esters is 1. The van der Waals surface area contributed by atoms with E-state index in [1.165, 1.54) is 24.3 Å². The Bertz CT molecular complexity index is 779. The average Bonchev–Trinajstić information content (AvgIpc) is 2.67. The van der Waals surface area contributed by atoms with Crippen molar-refractivity contribution in [1.29, 1.82) is 0 Å². The molecule has 0 amide bonds. The zero-order chi connectivity index (χ0) is 23.1. The predicted molar refractivity (Wildman–Crippen MR) is 110 cm³/mol. The summed E-state index contributed by atoms with van der Waals surface area (Å²) in [7, 11) is 0.859. The van der Waals surface area contributed by atoms with Gasteiger partial charge in [0.05, 0.1) is 12.7 Å². The van der Waals surface area contributed by atoms with Crippen LogP contribution in [0, 0.1) is 22.7 Å². The van der Waals surface area contributed by atoms with Gasteiger partial charge in [-0.05, 0) is 42.4 Å². The maximum absolute atomic E-state index is 14.1. The summed E-state index contributed by atoms with van der Waals surface area (Å²) >= 11 is 0. The van der Waals surface area contributed by atoms with Gasteiger partial charge in [-0.25, -0.2) is 4.79 Å². The second-order valence-electron chi connectivity index (χ2n) is 10.00. The summed E-state index contributed by atoms with van der Waals surface area (Å²) in [5, 5.41) is 10.7. The van der Waals surface area contributed by atoms with Crippen LogP contribution < -0.4 is 0 Å². The molecule has 2 aliphatic rings. The van der Waals surface area contributed by atoms with Gasteiger partial charge < -0.3 is 14.6 Å². The first-order chi connectivity index (χ1) is 14.4. The van der Waals surface area contributed by atoms with Gasteiger partial charge in [-0.3, -0.25) is 0 Å². The van der Waals surface area contributed by atoms with E-state index in [2.05, 4.69) is 20.8 Å². The molecule has 174 valence electrons. The molecule has 0 saturated heterocycles. The number of aliphatic hydroxyl groups is 1. The fourth-order valence-electron chi connectivity index (χ4n) is 6.26. The summed E-state index contributed by atoms with van der Waals surface area (Å²) in [6, 6.07) is 6.81. The Hall–Kier alpha value is -1.60. The van der Waals surface area contributed by atoms with Crippen molar-refractivity contribution in [2.75, 3.05) is 13.7 Å². The molecule has 2 saturated carbocycles. The minimum Gasteiger partial charge on any atom is -0.463 e. The monoisotopic (exact) mass is 442 g/mol. The highest BCUT2D eigenvalue weighted by atomic mass is 19.4. The quantitative estimate of drug-likeness (QED) is 0.634. The lowest BCUT2D eigenvalue weighted by Crippen LogP contribution is -2.56. The molecule has 0 aromatic heterocycles. The Labute approximate surface area is 182 Å². The van der Waals surface area contributed by atoms with E-state index in [4.69, 9.17) is 9.47 Å². The highest BCUT2D eigenvalue weighted by molar-refractivity contribution is 5.82. The number of carbonyl (C=O) groups is 1. The molecule has 2 fully saturated rings. The smallest absolute Gasteiger partial charge is 0.432 e. The molecule has 7 heteroatoms. The second-order valence-corrected chi connectivity index (χ2v) is 10.00. The normalized spacial score (nSPS) is 32.6. The number of hydrogen-bond donors (Lipinski definition) is 1. The number of aliphatic hydroxyl groups excluding tert-OH is 1. The van der Waals surface area contributed by atoms with Crippen molar-refractivity contribution < 1.29 is 32.5 Å². The number of rotatable bonds is 5. The van der Waals surface area contributed by atoms with E-state index in [-0.39, 0.29) is 23.0 Å². The van der Waals surface area contributed by atoms with Crippen LogP contribution in [-0.2, 0) is 19.9 Å². The van der Waals surface area contributed by atoms with Crippen LogP contribution in [0.5, 0.6) is 0 Å². The molecule has 1 N–H and O–H groups in total. The van der Waals surface area contributed by atoms with Crippen molar-refractivity contribution in [1.82, 2.24) is 0 Å². The van der Waals surface area contributed by atoms with Gasteiger partial charge in [-0.2, -0.15) is 13.2 Å².